The third kappa shape index (κ3) is 12.7. The predicted octanol–water partition coefficient (Wildman–Crippen LogP) is 3.76. The lowest BCUT2D eigenvalue weighted by Gasteiger charge is -2.17. The van der Waals surface area contributed by atoms with E-state index in [1.54, 1.807) is 31.8 Å². The summed E-state index contributed by atoms with van der Waals surface area (Å²) in [5.74, 6) is 0. The molecule has 0 aliphatic rings. The maximum atomic E-state index is 13.0. The van der Waals surface area contributed by atoms with Crippen molar-refractivity contribution in [2.45, 2.75) is 46.4 Å². The van der Waals surface area contributed by atoms with E-state index in [2.05, 4.69) is 14.5 Å². The van der Waals surface area contributed by atoms with Gasteiger partial charge in [0.15, 0.2) is 0 Å². The highest BCUT2D eigenvalue weighted by molar-refractivity contribution is 14.1. The summed E-state index contributed by atoms with van der Waals surface area (Å²) in [7, 11) is -3.97. The van der Waals surface area contributed by atoms with Crippen LogP contribution in [-0.2, 0) is 39.1 Å². The molecule has 0 aliphatic carbocycles. The Kier molecular flexibility index (Phi) is 13.6. The Morgan fingerprint density at radius 3 is 2.06 bits per heavy atom. The highest BCUT2D eigenvalue weighted by atomic mass is 127. The topological polar surface area (TPSA) is 161 Å². The van der Waals surface area contributed by atoms with Gasteiger partial charge in [-0.3, -0.25) is 28.0 Å². The average molecular weight is 630 g/mol. The molecule has 35 heavy (non-hydrogen) atoms. The van der Waals surface area contributed by atoms with Gasteiger partial charge in [0.25, 0.3) is 5.56 Å². The number of ether oxygens (including phenoxy) is 4. The molecule has 1 rings (SSSR count). The zero-order chi connectivity index (χ0) is 26.4. The highest BCUT2D eigenvalue weighted by Gasteiger charge is 2.25. The van der Waals surface area contributed by atoms with Crippen LogP contribution in [-0.4, -0.2) is 53.8 Å². The van der Waals surface area contributed by atoms with Crippen LogP contribution >= 0.6 is 30.2 Å². The fraction of sp³-hybridized carbons (Fsp3) is 0.500. The van der Waals surface area contributed by atoms with Crippen LogP contribution in [0.5, 0.6) is 0 Å². The second-order valence-electron chi connectivity index (χ2n) is 7.17. The molecule has 0 radical (unpaired) electrons. The van der Waals surface area contributed by atoms with Crippen molar-refractivity contribution in [1.82, 2.24) is 9.55 Å². The number of nitrogens with one attached hydrogen (secondary N) is 1. The number of nitrogens with zero attached hydrogens (tertiary/aromatic N) is 1. The summed E-state index contributed by atoms with van der Waals surface area (Å²) in [5.41, 5.74) is -0.878. The molecule has 0 saturated heterocycles. The number of rotatable bonds is 13. The van der Waals surface area contributed by atoms with Gasteiger partial charge in [-0.25, -0.2) is 14.4 Å². The first-order chi connectivity index (χ1) is 16.5. The summed E-state index contributed by atoms with van der Waals surface area (Å²) < 4.78 is 44.9. The number of hydrogen-bond donors (Lipinski definition) is 1. The van der Waals surface area contributed by atoms with E-state index in [9.17, 15) is 23.7 Å². The van der Waals surface area contributed by atoms with E-state index in [1.165, 1.54) is 29.0 Å². The number of aromatic amines is 1. The third-order valence-corrected chi connectivity index (χ3v) is 5.61. The molecule has 196 valence electrons. The summed E-state index contributed by atoms with van der Waals surface area (Å²) in [6.45, 7) is 4.99. The first-order valence-corrected chi connectivity index (χ1v) is 13.2. The Morgan fingerprint density at radius 2 is 1.57 bits per heavy atom. The standard InChI is InChI=1S/C20H28IN2O11P/c1-14(2)33-19(26)29-12-31-35(28,32-13-30-20(27)34-15(3)4)10-6-5-9-23-11-16(7-8-21)17(24)22-18(23)25/h5-8,11,14-15H,9-10,12-13H2,1-4H3,(H,22,24,25)/b6-5+,8-7+. The number of allylic oxidation sites excluding steroid dienone is 2. The molecule has 0 aliphatic heterocycles. The molecule has 0 bridgehead atoms. The lowest BCUT2D eigenvalue weighted by molar-refractivity contribution is -0.0298. The number of H-pyrrole nitrogens is 1. The Morgan fingerprint density at radius 1 is 1.03 bits per heavy atom. The van der Waals surface area contributed by atoms with Gasteiger partial charge in [0, 0.05) is 12.7 Å². The van der Waals surface area contributed by atoms with Crippen LogP contribution in [0.3, 0.4) is 0 Å². The molecule has 15 heteroatoms. The first-order valence-electron chi connectivity index (χ1n) is 10.3. The van der Waals surface area contributed by atoms with Crippen molar-refractivity contribution in [2.24, 2.45) is 0 Å². The Bertz CT molecular complexity index is 1030. The van der Waals surface area contributed by atoms with Crippen molar-refractivity contribution in [3.63, 3.8) is 0 Å². The molecule has 1 heterocycles. The van der Waals surface area contributed by atoms with Crippen LogP contribution < -0.4 is 11.2 Å². The van der Waals surface area contributed by atoms with Gasteiger partial charge in [-0.1, -0.05) is 34.7 Å². The second-order valence-corrected chi connectivity index (χ2v) is 9.99. The molecule has 0 unspecified atom stereocenters. The van der Waals surface area contributed by atoms with Crippen molar-refractivity contribution in [1.29, 1.82) is 0 Å². The van der Waals surface area contributed by atoms with Crippen LogP contribution in [0.15, 0.2) is 32.0 Å². The van der Waals surface area contributed by atoms with Crippen LogP contribution in [0.1, 0.15) is 33.3 Å². The Hall–Kier alpha value is -2.42. The molecular formula is C20H28IN2O11P. The zero-order valence-corrected chi connectivity index (χ0v) is 22.7. The normalized spacial score (nSPS) is 12.0. The average Bonchev–Trinajstić information content (AvgIpc) is 2.73. The summed E-state index contributed by atoms with van der Waals surface area (Å²) in [4.78, 5) is 48.9. The van der Waals surface area contributed by atoms with Gasteiger partial charge in [-0.2, -0.15) is 0 Å². The molecule has 0 spiro atoms. The van der Waals surface area contributed by atoms with E-state index < -0.39 is 56.9 Å². The quantitative estimate of drug-likeness (QED) is 0.111. The van der Waals surface area contributed by atoms with E-state index in [0.29, 0.717) is 0 Å². The fourth-order valence-corrected chi connectivity index (χ4v) is 3.65. The summed E-state index contributed by atoms with van der Waals surface area (Å²) >= 11 is 1.94. The van der Waals surface area contributed by atoms with Crippen molar-refractivity contribution in [3.8, 4) is 0 Å². The molecule has 1 N–H and O–H groups in total. The van der Waals surface area contributed by atoms with Crippen molar-refractivity contribution in [2.75, 3.05) is 19.7 Å². The maximum absolute atomic E-state index is 13.0. The highest BCUT2D eigenvalue weighted by Crippen LogP contribution is 2.48. The van der Waals surface area contributed by atoms with Crippen molar-refractivity contribution >= 4 is 48.6 Å². The van der Waals surface area contributed by atoms with Crippen LogP contribution in [0.25, 0.3) is 6.08 Å². The molecule has 0 saturated carbocycles. The number of carbonyl (C=O) groups excluding carboxylic acids is 2. The van der Waals surface area contributed by atoms with Crippen molar-refractivity contribution in [3.05, 3.63) is 48.8 Å². The second kappa shape index (κ2) is 15.5. The monoisotopic (exact) mass is 630 g/mol. The maximum Gasteiger partial charge on any atom is 0.510 e. The van der Waals surface area contributed by atoms with Crippen LogP contribution in [0.4, 0.5) is 9.59 Å². The summed E-state index contributed by atoms with van der Waals surface area (Å²) in [6.07, 6.45) is 2.52. The third-order valence-electron chi connectivity index (χ3n) is 3.59. The number of halogens is 1. The minimum atomic E-state index is -3.97. The van der Waals surface area contributed by atoms with Gasteiger partial charge >= 0.3 is 25.6 Å². The van der Waals surface area contributed by atoms with Gasteiger partial charge < -0.3 is 18.9 Å². The fourth-order valence-electron chi connectivity index (χ4n) is 2.15. The SMILES string of the molecule is CC(C)OC(=O)OCOP(=O)(C/C=C/Cn1cc(/C=C/I)c(=O)[nH]c1=O)OCOC(=O)OC(C)C. The summed E-state index contributed by atoms with van der Waals surface area (Å²) in [5, 5.41) is 0. The van der Waals surface area contributed by atoms with E-state index >= 15 is 0 Å². The van der Waals surface area contributed by atoms with Gasteiger partial charge in [0.05, 0.1) is 23.9 Å². The van der Waals surface area contributed by atoms with E-state index in [0.717, 1.165) is 0 Å². The van der Waals surface area contributed by atoms with Gasteiger partial charge in [-0.15, -0.1) is 0 Å². The molecule has 1 aromatic heterocycles. The van der Waals surface area contributed by atoms with E-state index in [4.69, 9.17) is 18.5 Å². The molecule has 0 aromatic carbocycles. The van der Waals surface area contributed by atoms with E-state index in [1.807, 2.05) is 22.6 Å². The first kappa shape index (κ1) is 30.6. The van der Waals surface area contributed by atoms with Gasteiger partial charge in [0.2, 0.25) is 13.6 Å². The predicted molar refractivity (Wildman–Crippen MR) is 133 cm³/mol. The van der Waals surface area contributed by atoms with Crippen molar-refractivity contribution < 1.29 is 42.1 Å². The summed E-state index contributed by atoms with van der Waals surface area (Å²) in [6, 6.07) is 0. The van der Waals surface area contributed by atoms with E-state index in [-0.39, 0.29) is 18.3 Å². The minimum absolute atomic E-state index is 0.0339. The number of carbonyl (C=O) groups is 2. The molecule has 0 fully saturated rings. The number of hydrogen-bond acceptors (Lipinski definition) is 11. The smallest absolute Gasteiger partial charge is 0.432 e. The van der Waals surface area contributed by atoms with Crippen LogP contribution in [0.2, 0.25) is 0 Å². The Balaban J connectivity index is 2.81. The molecule has 0 amide bonds. The largest absolute Gasteiger partial charge is 0.510 e. The molecular weight excluding hydrogens is 602 g/mol. The molecule has 1 aromatic rings. The number of aromatic nitrogens is 2. The van der Waals surface area contributed by atoms with Gasteiger partial charge in [0.1, 0.15) is 0 Å². The minimum Gasteiger partial charge on any atom is -0.432 e. The molecule has 13 nitrogen and oxygen atoms in total. The lowest BCUT2D eigenvalue weighted by Crippen LogP contribution is -2.30. The van der Waals surface area contributed by atoms with Gasteiger partial charge in [-0.05, 0) is 37.9 Å². The Labute approximate surface area is 215 Å². The van der Waals surface area contributed by atoms with Crippen LogP contribution in [0, 0.1) is 0 Å². The lowest BCUT2D eigenvalue weighted by atomic mass is 10.3. The molecule has 0 atom stereocenters. The zero-order valence-electron chi connectivity index (χ0n) is 19.6.